The Morgan fingerprint density at radius 1 is 1.05 bits per heavy atom. The van der Waals surface area contributed by atoms with E-state index >= 15 is 4.39 Å². The van der Waals surface area contributed by atoms with Crippen molar-refractivity contribution in [1.29, 1.82) is 5.41 Å². The summed E-state index contributed by atoms with van der Waals surface area (Å²) in [6, 6.07) is 5.10. The molecule has 2 aliphatic rings. The summed E-state index contributed by atoms with van der Waals surface area (Å²) in [6.45, 7) is 5.77. The molecule has 4 rings (SSSR count). The molecule has 0 bridgehead atoms. The van der Waals surface area contributed by atoms with Crippen molar-refractivity contribution in [3.8, 4) is 23.0 Å². The number of Topliss-reactive ketones (excluding diaryl/α,β-unsaturated/α-hetero) is 1. The van der Waals surface area contributed by atoms with Crippen molar-refractivity contribution < 1.29 is 38.0 Å². The highest BCUT2D eigenvalue weighted by Crippen LogP contribution is 2.42. The first-order valence-electron chi connectivity index (χ1n) is 13.9. The molecule has 0 amide bonds. The topological polar surface area (TPSA) is 122 Å². The van der Waals surface area contributed by atoms with E-state index in [0.717, 1.165) is 31.6 Å². The number of nitrogens with zero attached hydrogens (tertiary/aromatic N) is 2. The summed E-state index contributed by atoms with van der Waals surface area (Å²) in [5.74, 6) is -0.737. The maximum Gasteiger partial charge on any atom is 0.303 e. The van der Waals surface area contributed by atoms with Crippen molar-refractivity contribution in [2.45, 2.75) is 58.6 Å². The van der Waals surface area contributed by atoms with Crippen LogP contribution in [0.25, 0.3) is 0 Å². The summed E-state index contributed by atoms with van der Waals surface area (Å²) < 4.78 is 37.9. The van der Waals surface area contributed by atoms with Crippen molar-refractivity contribution in [3.63, 3.8) is 0 Å². The zero-order valence-corrected chi connectivity index (χ0v) is 26.2. The summed E-state index contributed by atoms with van der Waals surface area (Å²) in [4.78, 5) is 28.2. The number of carbonyl (C=O) groups is 2. The Kier molecular flexibility index (Phi) is 11.4. The van der Waals surface area contributed by atoms with E-state index in [9.17, 15) is 9.59 Å². The van der Waals surface area contributed by atoms with Crippen molar-refractivity contribution >= 4 is 40.3 Å². The van der Waals surface area contributed by atoms with Gasteiger partial charge < -0.3 is 33.9 Å². The highest BCUT2D eigenvalue weighted by Gasteiger charge is 2.33. The Morgan fingerprint density at radius 2 is 1.76 bits per heavy atom. The summed E-state index contributed by atoms with van der Waals surface area (Å²) in [5.41, 5.74) is 1.80. The fraction of sp³-hybridized carbons (Fsp3) is 0.500. The van der Waals surface area contributed by atoms with Crippen LogP contribution in [-0.2, 0) is 11.3 Å². The van der Waals surface area contributed by atoms with E-state index in [2.05, 4.69) is 4.90 Å². The number of unbranched alkanes of at least 4 members (excludes halogenated alkanes) is 1. The molecule has 0 aromatic heterocycles. The number of rotatable bonds is 14. The molecule has 2 heterocycles. The van der Waals surface area contributed by atoms with E-state index in [0.29, 0.717) is 42.1 Å². The molecular weight excluding hydrogens is 613 g/mol. The second kappa shape index (κ2) is 14.6. The third-order valence-corrected chi connectivity index (χ3v) is 7.14. The standard InChI is InChI=1S/C30H38FN3O7.BrH/c1-18(2)41-24-14-19(13-21(33-10-6-7-11-33)28(24)40-12-8-5-9-25(36)37)22(35)17-34-16-20-15-23(38-3)29(39-4)27(31)26(20)30(34)32;/h13-15,18,32H,5-12,16-17H2,1-4H3,(H,36,37);1H. The second-order valence-corrected chi connectivity index (χ2v) is 10.5. The van der Waals surface area contributed by atoms with Crippen LogP contribution < -0.4 is 23.8 Å². The van der Waals surface area contributed by atoms with Gasteiger partial charge in [-0.2, -0.15) is 0 Å². The number of halogens is 2. The highest BCUT2D eigenvalue weighted by atomic mass is 79.9. The Balaban J connectivity index is 0.00000484. The lowest BCUT2D eigenvalue weighted by Gasteiger charge is -2.26. The van der Waals surface area contributed by atoms with Crippen LogP contribution in [0.5, 0.6) is 23.0 Å². The molecule has 0 aliphatic carbocycles. The molecule has 0 spiro atoms. The molecule has 0 unspecified atom stereocenters. The number of aliphatic carboxylic acids is 1. The van der Waals surface area contributed by atoms with Crippen molar-refractivity contribution in [1.82, 2.24) is 4.90 Å². The zero-order chi connectivity index (χ0) is 29.7. The normalized spacial score (nSPS) is 14.1. The number of ether oxygens (including phenoxy) is 4. The number of nitrogens with one attached hydrogen (secondary N) is 1. The van der Waals surface area contributed by atoms with Crippen LogP contribution in [0.4, 0.5) is 10.1 Å². The van der Waals surface area contributed by atoms with Crippen molar-refractivity contribution in [2.24, 2.45) is 0 Å². The maximum atomic E-state index is 15.2. The molecule has 0 radical (unpaired) electrons. The van der Waals surface area contributed by atoms with Gasteiger partial charge in [-0.1, -0.05) is 0 Å². The number of benzene rings is 2. The van der Waals surface area contributed by atoms with E-state index in [1.807, 2.05) is 13.8 Å². The molecule has 42 heavy (non-hydrogen) atoms. The number of carbonyl (C=O) groups excluding carboxylic acids is 1. The van der Waals surface area contributed by atoms with Crippen LogP contribution in [0.1, 0.15) is 67.4 Å². The maximum absolute atomic E-state index is 15.2. The predicted octanol–water partition coefficient (Wildman–Crippen LogP) is 5.47. The largest absolute Gasteiger partial charge is 0.493 e. The average molecular weight is 653 g/mol. The summed E-state index contributed by atoms with van der Waals surface area (Å²) in [6.07, 6.45) is 2.97. The van der Waals surface area contributed by atoms with Gasteiger partial charge in [-0.15, -0.1) is 17.0 Å². The first-order valence-corrected chi connectivity index (χ1v) is 13.9. The Morgan fingerprint density at radius 3 is 2.38 bits per heavy atom. The molecular formula is C30H39BrFN3O7. The Labute approximate surface area is 256 Å². The average Bonchev–Trinajstić information content (AvgIpc) is 3.56. The van der Waals surface area contributed by atoms with Gasteiger partial charge in [0, 0.05) is 31.6 Å². The molecule has 2 N–H and O–H groups in total. The highest BCUT2D eigenvalue weighted by molar-refractivity contribution is 8.93. The van der Waals surface area contributed by atoms with Crippen LogP contribution in [-0.4, -0.2) is 74.2 Å². The Hall–Kier alpha value is -3.54. The van der Waals surface area contributed by atoms with Gasteiger partial charge in [0.2, 0.25) is 0 Å². The third kappa shape index (κ3) is 7.26. The number of ketones is 1. The second-order valence-electron chi connectivity index (χ2n) is 10.5. The summed E-state index contributed by atoms with van der Waals surface area (Å²) in [7, 11) is 2.76. The van der Waals surface area contributed by atoms with Gasteiger partial charge >= 0.3 is 5.97 Å². The lowest BCUT2D eigenvalue weighted by Crippen LogP contribution is -2.30. The van der Waals surface area contributed by atoms with Gasteiger partial charge in [0.05, 0.1) is 44.7 Å². The van der Waals surface area contributed by atoms with Gasteiger partial charge in [-0.25, -0.2) is 4.39 Å². The lowest BCUT2D eigenvalue weighted by molar-refractivity contribution is -0.137. The Bertz CT molecular complexity index is 1310. The summed E-state index contributed by atoms with van der Waals surface area (Å²) in [5, 5.41) is 17.5. The molecule has 0 saturated carbocycles. The van der Waals surface area contributed by atoms with E-state index < -0.39 is 11.8 Å². The van der Waals surface area contributed by atoms with E-state index in [-0.39, 0.29) is 71.3 Å². The molecule has 2 aromatic rings. The minimum absolute atomic E-state index is 0. The van der Waals surface area contributed by atoms with Gasteiger partial charge in [0.15, 0.2) is 34.6 Å². The van der Waals surface area contributed by atoms with E-state index in [1.165, 1.54) is 19.1 Å². The number of amidine groups is 1. The SMILES string of the molecule is Br.COc1cc2c(c(F)c1OC)C(=N)N(CC(=O)c1cc(OC(C)C)c(OCCCCC(=O)O)c(N3CCCC3)c1)C2. The van der Waals surface area contributed by atoms with Gasteiger partial charge in [-0.3, -0.25) is 15.0 Å². The van der Waals surface area contributed by atoms with Crippen molar-refractivity contribution in [3.05, 3.63) is 40.7 Å². The molecule has 0 atom stereocenters. The van der Waals surface area contributed by atoms with Crippen LogP contribution in [0.15, 0.2) is 18.2 Å². The minimum Gasteiger partial charge on any atom is -0.493 e. The summed E-state index contributed by atoms with van der Waals surface area (Å²) >= 11 is 0. The number of carboxylic acid groups (broad SMARTS) is 1. The number of hydrogen-bond donors (Lipinski definition) is 2. The minimum atomic E-state index is -0.843. The molecule has 12 heteroatoms. The quantitative estimate of drug-likeness (QED) is 0.202. The van der Waals surface area contributed by atoms with Gasteiger partial charge in [0.1, 0.15) is 5.84 Å². The van der Waals surface area contributed by atoms with Crippen molar-refractivity contribution in [2.75, 3.05) is 45.4 Å². The number of fused-ring (bicyclic) bond motifs is 1. The van der Waals surface area contributed by atoms with Gasteiger partial charge in [0.25, 0.3) is 0 Å². The molecule has 10 nitrogen and oxygen atoms in total. The molecule has 1 fully saturated rings. The fourth-order valence-electron chi connectivity index (χ4n) is 5.20. The predicted molar refractivity (Wildman–Crippen MR) is 162 cm³/mol. The van der Waals surface area contributed by atoms with E-state index in [4.69, 9.17) is 29.5 Å². The number of anilines is 1. The van der Waals surface area contributed by atoms with Crippen LogP contribution >= 0.6 is 17.0 Å². The van der Waals surface area contributed by atoms with E-state index in [1.54, 1.807) is 18.2 Å². The lowest BCUT2D eigenvalue weighted by atomic mass is 10.1. The van der Waals surface area contributed by atoms with Gasteiger partial charge in [-0.05, 0) is 63.3 Å². The first kappa shape index (κ1) is 33.0. The third-order valence-electron chi connectivity index (χ3n) is 7.14. The smallest absolute Gasteiger partial charge is 0.303 e. The number of methoxy groups -OCH3 is 2. The molecule has 2 aromatic carbocycles. The zero-order valence-electron chi connectivity index (χ0n) is 24.5. The fourth-order valence-corrected chi connectivity index (χ4v) is 5.20. The number of hydrogen-bond acceptors (Lipinski definition) is 8. The molecule has 230 valence electrons. The monoisotopic (exact) mass is 651 g/mol. The van der Waals surface area contributed by atoms with Crippen LogP contribution in [0.3, 0.4) is 0 Å². The van der Waals surface area contributed by atoms with Crippen LogP contribution in [0.2, 0.25) is 0 Å². The molecule has 2 aliphatic heterocycles. The van der Waals surface area contributed by atoms with Crippen LogP contribution in [0, 0.1) is 11.2 Å². The molecule has 1 saturated heterocycles. The number of carboxylic acids is 1. The first-order chi connectivity index (χ1) is 19.6.